The SMILES string of the molecule is CCCC1(C(=O)O)CCCN1C(=O)OC(C)C. The summed E-state index contributed by atoms with van der Waals surface area (Å²) in [6.45, 7) is 5.92. The number of carboxylic acids is 1. The Balaban J connectivity index is 2.88. The molecular weight excluding hydrogens is 222 g/mol. The molecule has 1 aliphatic heterocycles. The Kier molecular flexibility index (Phi) is 4.37. The van der Waals surface area contributed by atoms with Crippen LogP contribution in [0.15, 0.2) is 0 Å². The van der Waals surface area contributed by atoms with Crippen molar-refractivity contribution in [3.05, 3.63) is 0 Å². The predicted molar refractivity (Wildman–Crippen MR) is 62.8 cm³/mol. The number of aliphatic carboxylic acids is 1. The van der Waals surface area contributed by atoms with E-state index >= 15 is 0 Å². The van der Waals surface area contributed by atoms with Crippen LogP contribution in [0.2, 0.25) is 0 Å². The summed E-state index contributed by atoms with van der Waals surface area (Å²) >= 11 is 0. The van der Waals surface area contributed by atoms with Crippen molar-refractivity contribution in [2.45, 2.75) is 58.1 Å². The Hall–Kier alpha value is -1.26. The molecule has 98 valence electrons. The number of hydrogen-bond acceptors (Lipinski definition) is 3. The molecule has 1 amide bonds. The zero-order valence-electron chi connectivity index (χ0n) is 10.7. The van der Waals surface area contributed by atoms with Crippen LogP contribution in [0.1, 0.15) is 46.5 Å². The van der Waals surface area contributed by atoms with Gasteiger partial charge in [0, 0.05) is 6.54 Å². The van der Waals surface area contributed by atoms with Crippen molar-refractivity contribution in [1.82, 2.24) is 4.90 Å². The van der Waals surface area contributed by atoms with Crippen LogP contribution in [0.25, 0.3) is 0 Å². The Morgan fingerprint density at radius 3 is 2.59 bits per heavy atom. The molecule has 1 aliphatic rings. The van der Waals surface area contributed by atoms with Crippen molar-refractivity contribution in [1.29, 1.82) is 0 Å². The van der Waals surface area contributed by atoms with Gasteiger partial charge in [-0.1, -0.05) is 13.3 Å². The molecule has 0 aromatic heterocycles. The van der Waals surface area contributed by atoms with Gasteiger partial charge in [-0.2, -0.15) is 0 Å². The lowest BCUT2D eigenvalue weighted by molar-refractivity contribution is -0.149. The highest BCUT2D eigenvalue weighted by atomic mass is 16.6. The van der Waals surface area contributed by atoms with E-state index in [0.717, 1.165) is 12.8 Å². The molecule has 0 bridgehead atoms. The molecule has 1 heterocycles. The van der Waals surface area contributed by atoms with Crippen LogP contribution in [-0.4, -0.2) is 40.3 Å². The normalized spacial score (nSPS) is 24.1. The standard InChI is InChI=1S/C12H21NO4/c1-4-6-12(10(14)15)7-5-8-13(12)11(16)17-9(2)3/h9H,4-8H2,1-3H3,(H,14,15). The molecule has 0 aliphatic carbocycles. The lowest BCUT2D eigenvalue weighted by atomic mass is 9.91. The van der Waals surface area contributed by atoms with E-state index in [4.69, 9.17) is 4.74 Å². The summed E-state index contributed by atoms with van der Waals surface area (Å²) in [5.41, 5.74) is -1.05. The van der Waals surface area contributed by atoms with Crippen LogP contribution in [0.4, 0.5) is 4.79 Å². The van der Waals surface area contributed by atoms with E-state index in [1.807, 2.05) is 6.92 Å². The first kappa shape index (κ1) is 13.8. The molecule has 1 atom stereocenters. The van der Waals surface area contributed by atoms with Gasteiger partial charge >= 0.3 is 12.1 Å². The summed E-state index contributed by atoms with van der Waals surface area (Å²) in [5, 5.41) is 9.40. The Labute approximate surface area is 102 Å². The lowest BCUT2D eigenvalue weighted by Crippen LogP contribution is -2.53. The zero-order chi connectivity index (χ0) is 13.1. The molecule has 0 aromatic carbocycles. The van der Waals surface area contributed by atoms with E-state index in [0.29, 0.717) is 19.4 Å². The van der Waals surface area contributed by atoms with Crippen molar-refractivity contribution in [2.24, 2.45) is 0 Å². The van der Waals surface area contributed by atoms with Gasteiger partial charge in [0.2, 0.25) is 0 Å². The molecule has 0 radical (unpaired) electrons. The van der Waals surface area contributed by atoms with Gasteiger partial charge < -0.3 is 9.84 Å². The fourth-order valence-corrected chi connectivity index (χ4v) is 2.41. The maximum atomic E-state index is 11.9. The van der Waals surface area contributed by atoms with Gasteiger partial charge in [-0.05, 0) is 33.1 Å². The third-order valence-corrected chi connectivity index (χ3v) is 3.11. The third kappa shape index (κ3) is 2.70. The highest BCUT2D eigenvalue weighted by Gasteiger charge is 2.50. The van der Waals surface area contributed by atoms with Gasteiger partial charge in [0.05, 0.1) is 6.10 Å². The highest BCUT2D eigenvalue weighted by molar-refractivity contribution is 5.85. The number of carbonyl (C=O) groups is 2. The molecule has 1 unspecified atom stereocenters. The summed E-state index contributed by atoms with van der Waals surface area (Å²) in [5.74, 6) is -0.919. The monoisotopic (exact) mass is 243 g/mol. The summed E-state index contributed by atoms with van der Waals surface area (Å²) in [7, 11) is 0. The number of hydrogen-bond donors (Lipinski definition) is 1. The Bertz CT molecular complexity index is 303. The first-order valence-corrected chi connectivity index (χ1v) is 6.15. The maximum Gasteiger partial charge on any atom is 0.410 e. The fourth-order valence-electron chi connectivity index (χ4n) is 2.41. The first-order valence-electron chi connectivity index (χ1n) is 6.15. The van der Waals surface area contributed by atoms with E-state index in [1.54, 1.807) is 13.8 Å². The minimum Gasteiger partial charge on any atom is -0.479 e. The number of nitrogens with zero attached hydrogens (tertiary/aromatic N) is 1. The van der Waals surface area contributed by atoms with E-state index in [1.165, 1.54) is 4.90 Å². The minimum absolute atomic E-state index is 0.226. The second kappa shape index (κ2) is 5.38. The number of rotatable bonds is 4. The van der Waals surface area contributed by atoms with Crippen LogP contribution in [0.3, 0.4) is 0 Å². The van der Waals surface area contributed by atoms with E-state index < -0.39 is 17.6 Å². The third-order valence-electron chi connectivity index (χ3n) is 3.11. The van der Waals surface area contributed by atoms with Gasteiger partial charge in [0.15, 0.2) is 0 Å². The van der Waals surface area contributed by atoms with Crippen molar-refractivity contribution >= 4 is 12.1 Å². The number of amides is 1. The molecule has 0 saturated carbocycles. The fraction of sp³-hybridized carbons (Fsp3) is 0.833. The van der Waals surface area contributed by atoms with Crippen LogP contribution in [-0.2, 0) is 9.53 Å². The van der Waals surface area contributed by atoms with E-state index in [-0.39, 0.29) is 6.10 Å². The van der Waals surface area contributed by atoms with Crippen LogP contribution in [0, 0.1) is 0 Å². The topological polar surface area (TPSA) is 66.8 Å². The molecule has 5 nitrogen and oxygen atoms in total. The van der Waals surface area contributed by atoms with E-state index in [2.05, 4.69) is 0 Å². The number of likely N-dealkylation sites (tertiary alicyclic amines) is 1. The van der Waals surface area contributed by atoms with Crippen molar-refractivity contribution in [3.63, 3.8) is 0 Å². The summed E-state index contributed by atoms with van der Waals surface area (Å²) in [6, 6.07) is 0. The van der Waals surface area contributed by atoms with Gasteiger partial charge in [-0.3, -0.25) is 4.90 Å². The molecule has 1 rings (SSSR count). The largest absolute Gasteiger partial charge is 0.479 e. The highest BCUT2D eigenvalue weighted by Crippen LogP contribution is 2.34. The van der Waals surface area contributed by atoms with Crippen LogP contribution >= 0.6 is 0 Å². The molecular formula is C12H21NO4. The van der Waals surface area contributed by atoms with Crippen molar-refractivity contribution < 1.29 is 19.4 Å². The van der Waals surface area contributed by atoms with Gasteiger partial charge in [-0.25, -0.2) is 9.59 Å². The molecule has 17 heavy (non-hydrogen) atoms. The lowest BCUT2D eigenvalue weighted by Gasteiger charge is -2.34. The molecule has 5 heteroatoms. The van der Waals surface area contributed by atoms with Crippen LogP contribution < -0.4 is 0 Å². The summed E-state index contributed by atoms with van der Waals surface area (Å²) < 4.78 is 5.11. The molecule has 0 spiro atoms. The zero-order valence-corrected chi connectivity index (χ0v) is 10.7. The van der Waals surface area contributed by atoms with Gasteiger partial charge in [-0.15, -0.1) is 0 Å². The first-order chi connectivity index (χ1) is 7.94. The van der Waals surface area contributed by atoms with Crippen molar-refractivity contribution in [2.75, 3.05) is 6.54 Å². The molecule has 1 N–H and O–H groups in total. The number of ether oxygens (including phenoxy) is 1. The Morgan fingerprint density at radius 1 is 1.47 bits per heavy atom. The minimum atomic E-state index is -1.05. The van der Waals surface area contributed by atoms with E-state index in [9.17, 15) is 14.7 Å². The quantitative estimate of drug-likeness (QED) is 0.822. The second-order valence-corrected chi connectivity index (χ2v) is 4.77. The Morgan fingerprint density at radius 2 is 2.12 bits per heavy atom. The van der Waals surface area contributed by atoms with Crippen LogP contribution in [0.5, 0.6) is 0 Å². The van der Waals surface area contributed by atoms with Crippen molar-refractivity contribution in [3.8, 4) is 0 Å². The predicted octanol–water partition coefficient (Wildman–Crippen LogP) is 2.25. The van der Waals surface area contributed by atoms with Gasteiger partial charge in [0.25, 0.3) is 0 Å². The van der Waals surface area contributed by atoms with Gasteiger partial charge in [0.1, 0.15) is 5.54 Å². The smallest absolute Gasteiger partial charge is 0.410 e. The maximum absolute atomic E-state index is 11.9. The summed E-state index contributed by atoms with van der Waals surface area (Å²) in [6.07, 6.45) is 1.72. The average molecular weight is 243 g/mol. The molecule has 1 fully saturated rings. The summed E-state index contributed by atoms with van der Waals surface area (Å²) in [4.78, 5) is 24.7. The average Bonchev–Trinajstić information content (AvgIpc) is 2.62. The molecule has 1 saturated heterocycles. The number of carboxylic acid groups (broad SMARTS) is 1. The molecule has 0 aromatic rings. The number of carbonyl (C=O) groups excluding carboxylic acids is 1. The second-order valence-electron chi connectivity index (χ2n) is 4.77.